The molecule has 5 nitrogen and oxygen atoms in total. The van der Waals surface area contributed by atoms with Crippen LogP contribution in [0.4, 0.5) is 4.39 Å². The van der Waals surface area contributed by atoms with E-state index in [1.165, 1.54) is 6.07 Å². The van der Waals surface area contributed by atoms with E-state index in [4.69, 9.17) is 14.2 Å². The van der Waals surface area contributed by atoms with E-state index in [1.54, 1.807) is 18.2 Å². The second kappa shape index (κ2) is 6.32. The van der Waals surface area contributed by atoms with Crippen molar-refractivity contribution in [2.75, 3.05) is 26.3 Å². The van der Waals surface area contributed by atoms with E-state index in [0.29, 0.717) is 24.7 Å². The number of nitrogens with zero attached hydrogens (tertiary/aromatic N) is 1. The average molecular weight is 315 g/mol. The Kier molecular flexibility index (Phi) is 4.69. The van der Waals surface area contributed by atoms with Crippen LogP contribution < -0.4 is 14.8 Å². The molecule has 0 aromatic heterocycles. The summed E-state index contributed by atoms with van der Waals surface area (Å²) in [6, 6.07) is 4.52. The molecular formula is C14H16ClFN2O3. The quantitative estimate of drug-likeness (QED) is 0.863. The molecule has 0 aliphatic carbocycles. The van der Waals surface area contributed by atoms with Crippen LogP contribution in [0.5, 0.6) is 11.5 Å². The van der Waals surface area contributed by atoms with E-state index in [-0.39, 0.29) is 31.4 Å². The van der Waals surface area contributed by atoms with Crippen LogP contribution in [0, 0.1) is 5.82 Å². The first-order valence-corrected chi connectivity index (χ1v) is 6.39. The zero-order valence-corrected chi connectivity index (χ0v) is 12.1. The summed E-state index contributed by atoms with van der Waals surface area (Å²) in [5, 5.41) is 3.11. The largest absolute Gasteiger partial charge is 0.479 e. The summed E-state index contributed by atoms with van der Waals surface area (Å²) in [7, 11) is 0. The van der Waals surface area contributed by atoms with Gasteiger partial charge in [0.25, 0.3) is 0 Å². The lowest BCUT2D eigenvalue weighted by molar-refractivity contribution is -0.157. The van der Waals surface area contributed by atoms with Crippen LogP contribution in [0.15, 0.2) is 35.8 Å². The van der Waals surface area contributed by atoms with Crippen LogP contribution in [0.2, 0.25) is 0 Å². The Morgan fingerprint density at radius 1 is 1.52 bits per heavy atom. The maximum Gasteiger partial charge on any atom is 0.304 e. The third-order valence-electron chi connectivity index (χ3n) is 3.08. The van der Waals surface area contributed by atoms with E-state index in [1.807, 2.05) is 0 Å². The summed E-state index contributed by atoms with van der Waals surface area (Å²) in [4.78, 5) is 4.33. The van der Waals surface area contributed by atoms with E-state index >= 15 is 0 Å². The highest BCUT2D eigenvalue weighted by molar-refractivity contribution is 5.91. The SMILES string of the molecule is C=CCOC1(C2=NCCN2)COc2c(F)cccc2O1.Cl. The van der Waals surface area contributed by atoms with Crippen molar-refractivity contribution in [2.45, 2.75) is 5.79 Å². The number of halogens is 2. The van der Waals surface area contributed by atoms with Gasteiger partial charge in [-0.15, -0.1) is 19.0 Å². The normalized spacial score (nSPS) is 22.8. The fraction of sp³-hybridized carbons (Fsp3) is 0.357. The van der Waals surface area contributed by atoms with Crippen molar-refractivity contribution in [3.05, 3.63) is 36.7 Å². The number of hydrogen-bond donors (Lipinski definition) is 1. The Balaban J connectivity index is 0.00000161. The number of benzene rings is 1. The lowest BCUT2D eigenvalue weighted by Gasteiger charge is -2.37. The Morgan fingerprint density at radius 3 is 3.10 bits per heavy atom. The molecule has 1 aromatic carbocycles. The maximum absolute atomic E-state index is 13.6. The topological polar surface area (TPSA) is 52.1 Å². The Labute approximate surface area is 128 Å². The van der Waals surface area contributed by atoms with Gasteiger partial charge in [0.1, 0.15) is 0 Å². The zero-order chi connectivity index (χ0) is 14.0. The number of para-hydroxylation sites is 1. The highest BCUT2D eigenvalue weighted by Crippen LogP contribution is 2.38. The molecule has 2 aliphatic rings. The minimum Gasteiger partial charge on any atom is -0.479 e. The van der Waals surface area contributed by atoms with Crippen LogP contribution in [-0.4, -0.2) is 37.9 Å². The van der Waals surface area contributed by atoms with Crippen LogP contribution in [-0.2, 0) is 4.74 Å². The van der Waals surface area contributed by atoms with E-state index in [9.17, 15) is 4.39 Å². The Hall–Kier alpha value is -1.79. The summed E-state index contributed by atoms with van der Waals surface area (Å²) in [6.45, 7) is 5.28. The molecule has 1 aromatic rings. The third kappa shape index (κ3) is 2.82. The molecule has 114 valence electrons. The molecule has 0 bridgehead atoms. The van der Waals surface area contributed by atoms with Crippen molar-refractivity contribution in [3.63, 3.8) is 0 Å². The second-order valence-electron chi connectivity index (χ2n) is 4.47. The van der Waals surface area contributed by atoms with Gasteiger partial charge in [-0.2, -0.15) is 0 Å². The van der Waals surface area contributed by atoms with Crippen molar-refractivity contribution in [1.82, 2.24) is 5.32 Å². The highest BCUT2D eigenvalue weighted by atomic mass is 35.5. The molecule has 2 aliphatic heterocycles. The van der Waals surface area contributed by atoms with Crippen LogP contribution >= 0.6 is 12.4 Å². The first-order valence-electron chi connectivity index (χ1n) is 6.39. The van der Waals surface area contributed by atoms with Crippen molar-refractivity contribution >= 4 is 18.2 Å². The van der Waals surface area contributed by atoms with Gasteiger partial charge in [-0.1, -0.05) is 12.1 Å². The van der Waals surface area contributed by atoms with Crippen molar-refractivity contribution in [1.29, 1.82) is 0 Å². The minimum absolute atomic E-state index is 0. The summed E-state index contributed by atoms with van der Waals surface area (Å²) in [5.74, 6) is -0.665. The summed E-state index contributed by atoms with van der Waals surface area (Å²) in [6.07, 6.45) is 1.61. The Bertz CT molecular complexity index is 567. The van der Waals surface area contributed by atoms with E-state index in [0.717, 1.165) is 0 Å². The number of fused-ring (bicyclic) bond motifs is 1. The number of aliphatic imine (C=N–C) groups is 1. The summed E-state index contributed by atoms with van der Waals surface area (Å²) in [5.41, 5.74) is 0. The van der Waals surface area contributed by atoms with Gasteiger partial charge in [0.15, 0.2) is 29.8 Å². The van der Waals surface area contributed by atoms with Gasteiger partial charge in [-0.05, 0) is 12.1 Å². The van der Waals surface area contributed by atoms with E-state index < -0.39 is 11.6 Å². The molecule has 0 radical (unpaired) electrons. The molecule has 1 N–H and O–H groups in total. The van der Waals surface area contributed by atoms with Crippen molar-refractivity contribution in [2.24, 2.45) is 4.99 Å². The molecule has 0 saturated heterocycles. The maximum atomic E-state index is 13.6. The zero-order valence-electron chi connectivity index (χ0n) is 11.3. The highest BCUT2D eigenvalue weighted by Gasteiger charge is 2.46. The monoisotopic (exact) mass is 314 g/mol. The molecule has 1 unspecified atom stereocenters. The number of amidine groups is 1. The van der Waals surface area contributed by atoms with Gasteiger partial charge in [-0.3, -0.25) is 4.99 Å². The van der Waals surface area contributed by atoms with Gasteiger partial charge in [0.2, 0.25) is 0 Å². The molecule has 3 rings (SSSR count). The molecule has 0 fully saturated rings. The van der Waals surface area contributed by atoms with Crippen molar-refractivity contribution in [3.8, 4) is 11.5 Å². The molecule has 21 heavy (non-hydrogen) atoms. The van der Waals surface area contributed by atoms with Crippen LogP contribution in [0.25, 0.3) is 0 Å². The molecule has 0 amide bonds. The van der Waals surface area contributed by atoms with Gasteiger partial charge >= 0.3 is 5.79 Å². The number of ether oxygens (including phenoxy) is 3. The lowest BCUT2D eigenvalue weighted by Crippen LogP contribution is -2.57. The van der Waals surface area contributed by atoms with Crippen molar-refractivity contribution < 1.29 is 18.6 Å². The predicted octanol–water partition coefficient (Wildman–Crippen LogP) is 1.92. The predicted molar refractivity (Wildman–Crippen MR) is 79.0 cm³/mol. The lowest BCUT2D eigenvalue weighted by atomic mass is 10.2. The fourth-order valence-electron chi connectivity index (χ4n) is 2.19. The first kappa shape index (κ1) is 15.6. The average Bonchev–Trinajstić information content (AvgIpc) is 3.00. The third-order valence-corrected chi connectivity index (χ3v) is 3.08. The molecule has 0 saturated carbocycles. The van der Waals surface area contributed by atoms with Crippen LogP contribution in [0.1, 0.15) is 0 Å². The van der Waals surface area contributed by atoms with Gasteiger partial charge < -0.3 is 19.5 Å². The van der Waals surface area contributed by atoms with Crippen LogP contribution in [0.3, 0.4) is 0 Å². The second-order valence-corrected chi connectivity index (χ2v) is 4.47. The molecule has 2 heterocycles. The fourth-order valence-corrected chi connectivity index (χ4v) is 2.19. The molecule has 1 atom stereocenters. The smallest absolute Gasteiger partial charge is 0.304 e. The van der Waals surface area contributed by atoms with Gasteiger partial charge in [0, 0.05) is 6.54 Å². The van der Waals surface area contributed by atoms with E-state index in [2.05, 4.69) is 16.9 Å². The Morgan fingerprint density at radius 2 is 2.38 bits per heavy atom. The van der Waals surface area contributed by atoms with Gasteiger partial charge in [-0.25, -0.2) is 4.39 Å². The summed E-state index contributed by atoms with van der Waals surface area (Å²) < 4.78 is 30.7. The standard InChI is InChI=1S/C14H15FN2O3.ClH/c1-2-8-19-14(13-16-6-7-17-13)9-18-12-10(15)4-3-5-11(12)20-14;/h2-5H,1,6-9H2,(H,16,17);1H. The number of rotatable bonds is 4. The number of hydrogen-bond acceptors (Lipinski definition) is 5. The molecule has 0 spiro atoms. The summed E-state index contributed by atoms with van der Waals surface area (Å²) >= 11 is 0. The van der Waals surface area contributed by atoms with Gasteiger partial charge in [0.05, 0.1) is 13.2 Å². The first-order chi connectivity index (χ1) is 9.75. The molecular weight excluding hydrogens is 299 g/mol. The molecule has 7 heteroatoms. The number of nitrogens with one attached hydrogen (secondary N) is 1. The minimum atomic E-state index is -1.18.